The number of fused-ring (bicyclic) bond motifs is 2. The fraction of sp³-hybridized carbons (Fsp3) is 0.125. The first-order valence-electron chi connectivity index (χ1n) is 5.89. The van der Waals surface area contributed by atoms with Crippen molar-refractivity contribution in [1.29, 1.82) is 0 Å². The van der Waals surface area contributed by atoms with Crippen LogP contribution in [0.25, 0.3) is 12.2 Å². The van der Waals surface area contributed by atoms with Crippen molar-refractivity contribution < 1.29 is 0 Å². The number of hydrogen-bond donors (Lipinski definition) is 1. The summed E-state index contributed by atoms with van der Waals surface area (Å²) in [7, 11) is 0. The molecule has 0 amide bonds. The molecule has 1 heterocycles. The molecular formula is C16H15N. The molecule has 1 heteroatoms. The molecule has 2 aromatic rings. The highest BCUT2D eigenvalue weighted by Crippen LogP contribution is 2.31. The lowest BCUT2D eigenvalue weighted by Gasteiger charge is -2.11. The molecular weight excluding hydrogens is 206 g/mol. The third kappa shape index (κ3) is 1.74. The Labute approximate surface area is 102 Å². The summed E-state index contributed by atoms with van der Waals surface area (Å²) in [5, 5.41) is 3.51. The lowest BCUT2D eigenvalue weighted by molar-refractivity contribution is 1.33. The smallest absolute Gasteiger partial charge is 0.0460 e. The summed E-state index contributed by atoms with van der Waals surface area (Å²) >= 11 is 0. The van der Waals surface area contributed by atoms with E-state index in [1.165, 1.54) is 33.6 Å². The standard InChI is InChI=1S/C16H15N/c1-11-9-14-8-7-13-5-3-4-6-15(13)17-16(14)10-12(11)2/h3-10,17H,1-2H3. The molecule has 1 nitrogen and oxygen atoms in total. The van der Waals surface area contributed by atoms with Crippen LogP contribution >= 0.6 is 0 Å². The van der Waals surface area contributed by atoms with Crippen LogP contribution in [0.1, 0.15) is 22.3 Å². The molecule has 0 spiro atoms. The van der Waals surface area contributed by atoms with Gasteiger partial charge in [0.25, 0.3) is 0 Å². The van der Waals surface area contributed by atoms with Gasteiger partial charge in [-0.3, -0.25) is 0 Å². The van der Waals surface area contributed by atoms with Crippen LogP contribution in [0, 0.1) is 13.8 Å². The maximum atomic E-state index is 3.51. The number of anilines is 2. The summed E-state index contributed by atoms with van der Waals surface area (Å²) < 4.78 is 0. The van der Waals surface area contributed by atoms with E-state index in [0.29, 0.717) is 0 Å². The maximum absolute atomic E-state index is 3.51. The Bertz CT molecular complexity index is 609. The van der Waals surface area contributed by atoms with Crippen molar-refractivity contribution >= 4 is 23.5 Å². The molecule has 0 atom stereocenters. The summed E-state index contributed by atoms with van der Waals surface area (Å²) in [6.07, 6.45) is 4.35. The van der Waals surface area contributed by atoms with Crippen molar-refractivity contribution in [2.45, 2.75) is 13.8 Å². The lowest BCUT2D eigenvalue weighted by atomic mass is 10.0. The second kappa shape index (κ2) is 3.77. The van der Waals surface area contributed by atoms with Crippen LogP contribution in [-0.2, 0) is 0 Å². The predicted octanol–water partition coefficient (Wildman–Crippen LogP) is 4.53. The fourth-order valence-corrected chi connectivity index (χ4v) is 2.17. The monoisotopic (exact) mass is 221 g/mol. The van der Waals surface area contributed by atoms with Crippen molar-refractivity contribution in [2.24, 2.45) is 0 Å². The van der Waals surface area contributed by atoms with E-state index >= 15 is 0 Å². The quantitative estimate of drug-likeness (QED) is 0.588. The number of aryl methyl sites for hydroxylation is 2. The van der Waals surface area contributed by atoms with Gasteiger partial charge in [-0.05, 0) is 54.3 Å². The van der Waals surface area contributed by atoms with Crippen LogP contribution in [0.3, 0.4) is 0 Å². The average molecular weight is 221 g/mol. The predicted molar refractivity (Wildman–Crippen MR) is 74.6 cm³/mol. The Kier molecular flexibility index (Phi) is 2.25. The third-order valence-corrected chi connectivity index (χ3v) is 3.34. The van der Waals surface area contributed by atoms with Gasteiger partial charge in [0.2, 0.25) is 0 Å². The summed E-state index contributed by atoms with van der Waals surface area (Å²) in [6, 6.07) is 12.8. The van der Waals surface area contributed by atoms with E-state index < -0.39 is 0 Å². The molecule has 1 aliphatic heterocycles. The summed E-state index contributed by atoms with van der Waals surface area (Å²) in [5.74, 6) is 0. The number of para-hydroxylation sites is 1. The number of hydrogen-bond acceptors (Lipinski definition) is 1. The van der Waals surface area contributed by atoms with Gasteiger partial charge in [0.15, 0.2) is 0 Å². The van der Waals surface area contributed by atoms with E-state index in [2.05, 4.69) is 67.7 Å². The molecule has 1 N–H and O–H groups in total. The molecule has 0 bridgehead atoms. The van der Waals surface area contributed by atoms with Gasteiger partial charge in [0.1, 0.15) is 0 Å². The van der Waals surface area contributed by atoms with Crippen LogP contribution in [0.15, 0.2) is 36.4 Å². The highest BCUT2D eigenvalue weighted by Gasteiger charge is 2.08. The Morgan fingerprint density at radius 3 is 2.35 bits per heavy atom. The summed E-state index contributed by atoms with van der Waals surface area (Å²) in [6.45, 7) is 4.30. The van der Waals surface area contributed by atoms with Gasteiger partial charge < -0.3 is 5.32 Å². The highest BCUT2D eigenvalue weighted by atomic mass is 14.9. The third-order valence-electron chi connectivity index (χ3n) is 3.34. The Balaban J connectivity index is 2.18. The normalized spacial score (nSPS) is 12.4. The Morgan fingerprint density at radius 2 is 1.47 bits per heavy atom. The lowest BCUT2D eigenvalue weighted by Crippen LogP contribution is -1.95. The molecule has 1 aliphatic rings. The van der Waals surface area contributed by atoms with Crippen LogP contribution in [-0.4, -0.2) is 0 Å². The zero-order chi connectivity index (χ0) is 11.8. The SMILES string of the molecule is Cc1cc2c(cc1C)Nc1ccccc1C=C2. The van der Waals surface area contributed by atoms with Crippen LogP contribution < -0.4 is 5.32 Å². The van der Waals surface area contributed by atoms with Gasteiger partial charge in [-0.25, -0.2) is 0 Å². The zero-order valence-electron chi connectivity index (χ0n) is 10.1. The Morgan fingerprint density at radius 1 is 0.765 bits per heavy atom. The zero-order valence-corrected chi connectivity index (χ0v) is 10.1. The van der Waals surface area contributed by atoms with Crippen molar-refractivity contribution in [2.75, 3.05) is 5.32 Å². The van der Waals surface area contributed by atoms with Gasteiger partial charge >= 0.3 is 0 Å². The van der Waals surface area contributed by atoms with E-state index in [1.54, 1.807) is 0 Å². The minimum absolute atomic E-state index is 1.17. The highest BCUT2D eigenvalue weighted by molar-refractivity contribution is 5.87. The summed E-state index contributed by atoms with van der Waals surface area (Å²) in [5.41, 5.74) is 7.51. The average Bonchev–Trinajstić information content (AvgIpc) is 2.49. The molecule has 0 fully saturated rings. The van der Waals surface area contributed by atoms with Crippen LogP contribution in [0.5, 0.6) is 0 Å². The first kappa shape index (κ1) is 10.2. The van der Waals surface area contributed by atoms with E-state index in [4.69, 9.17) is 0 Å². The minimum atomic E-state index is 1.17. The first-order valence-corrected chi connectivity index (χ1v) is 5.89. The Hall–Kier alpha value is -2.02. The maximum Gasteiger partial charge on any atom is 0.0460 e. The second-order valence-electron chi connectivity index (χ2n) is 4.57. The molecule has 3 rings (SSSR count). The van der Waals surface area contributed by atoms with Gasteiger partial charge in [-0.2, -0.15) is 0 Å². The molecule has 0 aromatic heterocycles. The van der Waals surface area contributed by atoms with Gasteiger partial charge in [-0.15, -0.1) is 0 Å². The van der Waals surface area contributed by atoms with Gasteiger partial charge in [0.05, 0.1) is 0 Å². The van der Waals surface area contributed by atoms with Gasteiger partial charge in [-0.1, -0.05) is 30.4 Å². The van der Waals surface area contributed by atoms with Crippen molar-refractivity contribution in [3.63, 3.8) is 0 Å². The number of benzene rings is 2. The van der Waals surface area contributed by atoms with E-state index in [1.807, 2.05) is 0 Å². The molecule has 84 valence electrons. The van der Waals surface area contributed by atoms with Crippen molar-refractivity contribution in [1.82, 2.24) is 0 Å². The number of rotatable bonds is 0. The fourth-order valence-electron chi connectivity index (χ4n) is 2.17. The van der Waals surface area contributed by atoms with E-state index in [9.17, 15) is 0 Å². The first-order chi connectivity index (χ1) is 8.24. The van der Waals surface area contributed by atoms with Crippen LogP contribution in [0.2, 0.25) is 0 Å². The molecule has 0 saturated carbocycles. The van der Waals surface area contributed by atoms with E-state index in [-0.39, 0.29) is 0 Å². The summed E-state index contributed by atoms with van der Waals surface area (Å²) in [4.78, 5) is 0. The molecule has 2 aromatic carbocycles. The molecule has 0 saturated heterocycles. The topological polar surface area (TPSA) is 12.0 Å². The molecule has 0 aliphatic carbocycles. The minimum Gasteiger partial charge on any atom is -0.355 e. The van der Waals surface area contributed by atoms with Crippen LogP contribution in [0.4, 0.5) is 11.4 Å². The second-order valence-corrected chi connectivity index (χ2v) is 4.57. The molecule has 0 unspecified atom stereocenters. The molecule has 17 heavy (non-hydrogen) atoms. The number of nitrogens with one attached hydrogen (secondary N) is 1. The van der Waals surface area contributed by atoms with Gasteiger partial charge in [0, 0.05) is 11.4 Å². The largest absolute Gasteiger partial charge is 0.355 e. The van der Waals surface area contributed by atoms with Crippen molar-refractivity contribution in [3.05, 3.63) is 58.7 Å². The molecule has 0 radical (unpaired) electrons. The van der Waals surface area contributed by atoms with Crippen molar-refractivity contribution in [3.8, 4) is 0 Å². The van der Waals surface area contributed by atoms with E-state index in [0.717, 1.165) is 0 Å².